The van der Waals surface area contributed by atoms with Gasteiger partial charge in [-0.15, -0.1) is 0 Å². The highest BCUT2D eigenvalue weighted by Crippen LogP contribution is 2.47. The first kappa shape index (κ1) is 16.6. The Labute approximate surface area is 144 Å². The Morgan fingerprint density at radius 1 is 1.25 bits per heavy atom. The molecule has 4 heteroatoms. The van der Waals surface area contributed by atoms with Gasteiger partial charge in [-0.25, -0.2) is 0 Å². The van der Waals surface area contributed by atoms with E-state index in [-0.39, 0.29) is 6.04 Å². The lowest BCUT2D eigenvalue weighted by atomic mass is 10.1. The molecule has 0 radical (unpaired) electrons. The van der Waals surface area contributed by atoms with Crippen molar-refractivity contribution in [2.45, 2.75) is 39.2 Å². The smallest absolute Gasteiger partial charge is 0.191 e. The van der Waals surface area contributed by atoms with Crippen molar-refractivity contribution in [1.82, 2.24) is 10.6 Å². The van der Waals surface area contributed by atoms with Gasteiger partial charge in [0.05, 0.1) is 6.04 Å². The van der Waals surface area contributed by atoms with E-state index in [2.05, 4.69) is 54.8 Å². The molecule has 2 aromatic rings. The van der Waals surface area contributed by atoms with Gasteiger partial charge in [-0.05, 0) is 56.7 Å². The van der Waals surface area contributed by atoms with Gasteiger partial charge in [-0.1, -0.05) is 30.3 Å². The monoisotopic (exact) mass is 325 g/mol. The molecule has 0 saturated heterocycles. The molecule has 0 amide bonds. The maximum Gasteiger partial charge on any atom is 0.191 e. The molecule has 1 fully saturated rings. The maximum absolute atomic E-state index is 5.69. The van der Waals surface area contributed by atoms with Crippen molar-refractivity contribution in [3.63, 3.8) is 0 Å². The van der Waals surface area contributed by atoms with Crippen molar-refractivity contribution in [1.29, 1.82) is 0 Å². The Kier molecular flexibility index (Phi) is 5.24. The highest BCUT2D eigenvalue weighted by molar-refractivity contribution is 5.80. The highest BCUT2D eigenvalue weighted by Gasteiger charge is 2.37. The maximum atomic E-state index is 5.69. The number of benzene rings is 1. The molecule has 0 spiro atoms. The minimum Gasteiger partial charge on any atom is -0.464 e. The van der Waals surface area contributed by atoms with Gasteiger partial charge in [-0.2, -0.15) is 0 Å². The second-order valence-corrected chi connectivity index (χ2v) is 6.55. The van der Waals surface area contributed by atoms with Crippen molar-refractivity contribution < 1.29 is 4.42 Å². The fraction of sp³-hybridized carbons (Fsp3) is 0.450. The second kappa shape index (κ2) is 7.56. The number of aliphatic imine (C=N–C) groups is 1. The first-order valence-corrected chi connectivity index (χ1v) is 8.83. The van der Waals surface area contributed by atoms with E-state index in [1.165, 1.54) is 12.0 Å². The Morgan fingerprint density at radius 3 is 2.71 bits per heavy atom. The lowest BCUT2D eigenvalue weighted by Crippen LogP contribution is -2.38. The van der Waals surface area contributed by atoms with Gasteiger partial charge in [0.2, 0.25) is 0 Å². The summed E-state index contributed by atoms with van der Waals surface area (Å²) in [6.45, 7) is 7.85. The third-order valence-electron chi connectivity index (χ3n) is 4.52. The quantitative estimate of drug-likeness (QED) is 0.623. The summed E-state index contributed by atoms with van der Waals surface area (Å²) in [5, 5.41) is 6.76. The molecule has 0 aliphatic heterocycles. The molecule has 2 N–H and O–H groups in total. The third-order valence-corrected chi connectivity index (χ3v) is 4.52. The summed E-state index contributed by atoms with van der Waals surface area (Å²) in [4.78, 5) is 4.78. The Bertz CT molecular complexity index is 677. The summed E-state index contributed by atoms with van der Waals surface area (Å²) < 4.78 is 5.69. The fourth-order valence-corrected chi connectivity index (χ4v) is 3.05. The molecule has 3 rings (SSSR count). The molecule has 128 valence electrons. The molecule has 3 atom stereocenters. The number of nitrogens with zero attached hydrogens (tertiary/aromatic N) is 1. The van der Waals surface area contributed by atoms with Crippen LogP contribution >= 0.6 is 0 Å². The van der Waals surface area contributed by atoms with Crippen LogP contribution < -0.4 is 10.6 Å². The number of hydrogen-bond acceptors (Lipinski definition) is 2. The number of furan rings is 1. The van der Waals surface area contributed by atoms with Crippen LogP contribution in [0, 0.1) is 12.8 Å². The topological polar surface area (TPSA) is 49.6 Å². The summed E-state index contributed by atoms with van der Waals surface area (Å²) in [7, 11) is 0. The zero-order valence-corrected chi connectivity index (χ0v) is 14.8. The van der Waals surface area contributed by atoms with Gasteiger partial charge in [-0.3, -0.25) is 4.99 Å². The molecule has 1 aromatic heterocycles. The lowest BCUT2D eigenvalue weighted by Gasteiger charge is -2.16. The Morgan fingerprint density at radius 2 is 2.04 bits per heavy atom. The Balaban J connectivity index is 1.56. The van der Waals surface area contributed by atoms with Crippen LogP contribution in [0.3, 0.4) is 0 Å². The molecule has 4 nitrogen and oxygen atoms in total. The van der Waals surface area contributed by atoms with E-state index in [4.69, 9.17) is 9.41 Å². The van der Waals surface area contributed by atoms with Crippen molar-refractivity contribution in [2.24, 2.45) is 10.9 Å². The first-order chi connectivity index (χ1) is 11.7. The van der Waals surface area contributed by atoms with Crippen LogP contribution in [-0.4, -0.2) is 19.0 Å². The summed E-state index contributed by atoms with van der Waals surface area (Å²) in [6, 6.07) is 14.9. The second-order valence-electron chi connectivity index (χ2n) is 6.55. The van der Waals surface area contributed by atoms with Crippen LogP contribution in [0.25, 0.3) is 0 Å². The molecular weight excluding hydrogens is 298 g/mol. The molecule has 1 aliphatic rings. The van der Waals surface area contributed by atoms with Crippen molar-refractivity contribution in [3.8, 4) is 0 Å². The molecule has 24 heavy (non-hydrogen) atoms. The van der Waals surface area contributed by atoms with E-state index in [9.17, 15) is 0 Å². The van der Waals surface area contributed by atoms with Crippen LogP contribution in [0.1, 0.15) is 49.3 Å². The van der Waals surface area contributed by atoms with Gasteiger partial charge in [0.1, 0.15) is 11.5 Å². The molecule has 1 aliphatic carbocycles. The lowest BCUT2D eigenvalue weighted by molar-refractivity contribution is 0.441. The summed E-state index contributed by atoms with van der Waals surface area (Å²) >= 11 is 0. The average Bonchev–Trinajstić information content (AvgIpc) is 3.24. The van der Waals surface area contributed by atoms with Crippen LogP contribution in [0.15, 0.2) is 51.9 Å². The fourth-order valence-electron chi connectivity index (χ4n) is 3.05. The summed E-state index contributed by atoms with van der Waals surface area (Å²) in [5.74, 6) is 4.06. The zero-order chi connectivity index (χ0) is 16.9. The number of aryl methyl sites for hydroxylation is 1. The van der Waals surface area contributed by atoms with Gasteiger partial charge in [0.25, 0.3) is 0 Å². The van der Waals surface area contributed by atoms with E-state index in [0.717, 1.165) is 30.6 Å². The predicted octanol–water partition coefficient (Wildman–Crippen LogP) is 4.01. The molecule has 1 saturated carbocycles. The standard InChI is InChI=1S/C20H27N3O/c1-4-21-20(23-15(3)19-11-10-14(2)24-19)22-13-17-12-18(17)16-8-6-5-7-9-16/h5-11,15,17-18H,4,12-13H2,1-3H3,(H2,21,22,23). The largest absolute Gasteiger partial charge is 0.464 e. The third kappa shape index (κ3) is 4.19. The SMILES string of the molecule is CCNC(=NCC1CC1c1ccccc1)NC(C)c1ccc(C)o1. The number of nitrogens with one attached hydrogen (secondary N) is 2. The van der Waals surface area contributed by atoms with Crippen LogP contribution in [0.4, 0.5) is 0 Å². The van der Waals surface area contributed by atoms with E-state index >= 15 is 0 Å². The van der Waals surface area contributed by atoms with Gasteiger partial charge >= 0.3 is 0 Å². The van der Waals surface area contributed by atoms with E-state index in [1.54, 1.807) is 0 Å². The normalized spacial score (nSPS) is 21.4. The van der Waals surface area contributed by atoms with E-state index in [1.807, 2.05) is 19.1 Å². The van der Waals surface area contributed by atoms with E-state index < -0.39 is 0 Å². The minimum absolute atomic E-state index is 0.0978. The minimum atomic E-state index is 0.0978. The van der Waals surface area contributed by atoms with Crippen LogP contribution in [0.5, 0.6) is 0 Å². The molecule has 3 unspecified atom stereocenters. The zero-order valence-electron chi connectivity index (χ0n) is 14.8. The predicted molar refractivity (Wildman–Crippen MR) is 98.3 cm³/mol. The van der Waals surface area contributed by atoms with Gasteiger partial charge < -0.3 is 15.1 Å². The van der Waals surface area contributed by atoms with Gasteiger partial charge in [0.15, 0.2) is 5.96 Å². The molecular formula is C20H27N3O. The molecule has 1 heterocycles. The van der Waals surface area contributed by atoms with Gasteiger partial charge in [0, 0.05) is 13.1 Å². The van der Waals surface area contributed by atoms with Crippen molar-refractivity contribution in [3.05, 3.63) is 59.5 Å². The Hall–Kier alpha value is -2.23. The summed E-state index contributed by atoms with van der Waals surface area (Å²) in [5.41, 5.74) is 1.44. The van der Waals surface area contributed by atoms with Crippen LogP contribution in [-0.2, 0) is 0 Å². The molecule has 1 aromatic carbocycles. The number of hydrogen-bond donors (Lipinski definition) is 2. The average molecular weight is 325 g/mol. The number of guanidine groups is 1. The summed E-state index contributed by atoms with van der Waals surface area (Å²) in [6.07, 6.45) is 1.24. The van der Waals surface area contributed by atoms with E-state index in [0.29, 0.717) is 11.8 Å². The van der Waals surface area contributed by atoms with Crippen LogP contribution in [0.2, 0.25) is 0 Å². The highest BCUT2D eigenvalue weighted by atomic mass is 16.3. The molecule has 0 bridgehead atoms. The van der Waals surface area contributed by atoms with Crippen molar-refractivity contribution in [2.75, 3.05) is 13.1 Å². The van der Waals surface area contributed by atoms with Crippen molar-refractivity contribution >= 4 is 5.96 Å². The first-order valence-electron chi connectivity index (χ1n) is 8.83. The number of rotatable bonds is 6.